The fourth-order valence-electron chi connectivity index (χ4n) is 1.58. The van der Waals surface area contributed by atoms with Crippen LogP contribution in [0.1, 0.15) is 18.6 Å². The molecule has 0 spiro atoms. The SMILES string of the molecule is CC(O)c1cnc(N2CCNCC2)nc1. The number of aliphatic hydroxyl groups excluding tert-OH is 1. The van der Waals surface area contributed by atoms with Crippen molar-refractivity contribution in [3.8, 4) is 0 Å². The zero-order chi connectivity index (χ0) is 10.7. The van der Waals surface area contributed by atoms with Crippen LogP contribution < -0.4 is 10.2 Å². The Morgan fingerprint density at radius 1 is 1.33 bits per heavy atom. The highest BCUT2D eigenvalue weighted by atomic mass is 16.3. The predicted octanol–water partition coefficient (Wildman–Crippen LogP) is -0.0605. The van der Waals surface area contributed by atoms with Gasteiger partial charge in [-0.15, -0.1) is 0 Å². The van der Waals surface area contributed by atoms with Crippen LogP contribution in [-0.4, -0.2) is 41.3 Å². The highest BCUT2D eigenvalue weighted by Gasteiger charge is 2.12. The van der Waals surface area contributed by atoms with Crippen molar-refractivity contribution in [2.45, 2.75) is 13.0 Å². The van der Waals surface area contributed by atoms with E-state index in [-0.39, 0.29) is 0 Å². The number of piperazine rings is 1. The normalized spacial score (nSPS) is 18.9. The van der Waals surface area contributed by atoms with Gasteiger partial charge in [0, 0.05) is 44.1 Å². The minimum absolute atomic E-state index is 0.498. The fraction of sp³-hybridized carbons (Fsp3) is 0.600. The van der Waals surface area contributed by atoms with Crippen LogP contribution in [0.3, 0.4) is 0 Å². The lowest BCUT2D eigenvalue weighted by Gasteiger charge is -2.27. The van der Waals surface area contributed by atoms with E-state index in [0.717, 1.165) is 37.7 Å². The molecule has 1 atom stereocenters. The molecule has 0 aliphatic carbocycles. The quantitative estimate of drug-likeness (QED) is 0.713. The summed E-state index contributed by atoms with van der Waals surface area (Å²) in [6, 6.07) is 0. The van der Waals surface area contributed by atoms with Gasteiger partial charge in [-0.3, -0.25) is 0 Å². The van der Waals surface area contributed by atoms with Gasteiger partial charge in [0.15, 0.2) is 0 Å². The highest BCUT2D eigenvalue weighted by Crippen LogP contribution is 2.12. The maximum Gasteiger partial charge on any atom is 0.225 e. The molecule has 1 saturated heterocycles. The van der Waals surface area contributed by atoms with Crippen molar-refractivity contribution < 1.29 is 5.11 Å². The molecule has 1 fully saturated rings. The van der Waals surface area contributed by atoms with Gasteiger partial charge in [0.1, 0.15) is 0 Å². The van der Waals surface area contributed by atoms with Crippen LogP contribution in [0.5, 0.6) is 0 Å². The van der Waals surface area contributed by atoms with Gasteiger partial charge in [0.2, 0.25) is 5.95 Å². The second-order valence-electron chi connectivity index (χ2n) is 3.73. The molecular weight excluding hydrogens is 192 g/mol. The first kappa shape index (κ1) is 10.3. The molecule has 0 amide bonds. The van der Waals surface area contributed by atoms with E-state index in [1.165, 1.54) is 0 Å². The average Bonchev–Trinajstić information content (AvgIpc) is 2.30. The van der Waals surface area contributed by atoms with E-state index >= 15 is 0 Å². The van der Waals surface area contributed by atoms with Gasteiger partial charge in [-0.05, 0) is 6.92 Å². The second kappa shape index (κ2) is 4.55. The van der Waals surface area contributed by atoms with Gasteiger partial charge in [-0.1, -0.05) is 0 Å². The minimum Gasteiger partial charge on any atom is -0.389 e. The summed E-state index contributed by atoms with van der Waals surface area (Å²) in [5.74, 6) is 0.751. The summed E-state index contributed by atoms with van der Waals surface area (Å²) in [7, 11) is 0. The number of hydrogen-bond donors (Lipinski definition) is 2. The Morgan fingerprint density at radius 2 is 1.93 bits per heavy atom. The van der Waals surface area contributed by atoms with Crippen molar-refractivity contribution in [1.82, 2.24) is 15.3 Å². The van der Waals surface area contributed by atoms with Gasteiger partial charge >= 0.3 is 0 Å². The van der Waals surface area contributed by atoms with E-state index in [4.69, 9.17) is 0 Å². The summed E-state index contributed by atoms with van der Waals surface area (Å²) in [5.41, 5.74) is 0.758. The third-order valence-electron chi connectivity index (χ3n) is 2.54. The van der Waals surface area contributed by atoms with Crippen LogP contribution in [0.25, 0.3) is 0 Å². The van der Waals surface area contributed by atoms with Crippen molar-refractivity contribution in [1.29, 1.82) is 0 Å². The Hall–Kier alpha value is -1.20. The van der Waals surface area contributed by atoms with E-state index in [0.29, 0.717) is 0 Å². The van der Waals surface area contributed by atoms with Crippen molar-refractivity contribution in [2.75, 3.05) is 31.1 Å². The Balaban J connectivity index is 2.08. The molecule has 0 aromatic carbocycles. The largest absolute Gasteiger partial charge is 0.389 e. The summed E-state index contributed by atoms with van der Waals surface area (Å²) in [4.78, 5) is 10.6. The Bertz CT molecular complexity index is 306. The molecule has 0 bridgehead atoms. The first-order valence-electron chi connectivity index (χ1n) is 5.23. The minimum atomic E-state index is -0.498. The zero-order valence-electron chi connectivity index (χ0n) is 8.85. The first-order valence-corrected chi connectivity index (χ1v) is 5.23. The number of hydrogen-bond acceptors (Lipinski definition) is 5. The molecule has 5 nitrogen and oxygen atoms in total. The fourth-order valence-corrected chi connectivity index (χ4v) is 1.58. The topological polar surface area (TPSA) is 61.3 Å². The summed E-state index contributed by atoms with van der Waals surface area (Å²) in [6.07, 6.45) is 2.88. The van der Waals surface area contributed by atoms with Crippen LogP contribution in [0.4, 0.5) is 5.95 Å². The van der Waals surface area contributed by atoms with Crippen LogP contribution in [0.2, 0.25) is 0 Å². The number of nitrogens with one attached hydrogen (secondary N) is 1. The van der Waals surface area contributed by atoms with Crippen LogP contribution in [0.15, 0.2) is 12.4 Å². The standard InChI is InChI=1S/C10H16N4O/c1-8(15)9-6-12-10(13-7-9)14-4-2-11-3-5-14/h6-8,11,15H,2-5H2,1H3. The Morgan fingerprint density at radius 3 is 2.47 bits per heavy atom. The van der Waals surface area contributed by atoms with Crippen molar-refractivity contribution in [3.05, 3.63) is 18.0 Å². The predicted molar refractivity (Wildman–Crippen MR) is 57.7 cm³/mol. The number of anilines is 1. The number of aliphatic hydroxyl groups is 1. The Kier molecular flexibility index (Phi) is 3.13. The van der Waals surface area contributed by atoms with Crippen LogP contribution in [-0.2, 0) is 0 Å². The van der Waals surface area contributed by atoms with Gasteiger partial charge in [0.05, 0.1) is 6.10 Å². The third kappa shape index (κ3) is 2.43. The second-order valence-corrected chi connectivity index (χ2v) is 3.73. The molecule has 1 aromatic heterocycles. The monoisotopic (exact) mass is 208 g/mol. The molecule has 0 radical (unpaired) electrons. The van der Waals surface area contributed by atoms with E-state index in [1.54, 1.807) is 19.3 Å². The van der Waals surface area contributed by atoms with Crippen molar-refractivity contribution in [2.24, 2.45) is 0 Å². The molecule has 1 aliphatic heterocycles. The molecule has 2 rings (SSSR count). The molecule has 15 heavy (non-hydrogen) atoms. The van der Waals surface area contributed by atoms with E-state index in [9.17, 15) is 5.11 Å². The molecule has 1 unspecified atom stereocenters. The average molecular weight is 208 g/mol. The molecular formula is C10H16N4O. The summed E-state index contributed by atoms with van der Waals surface area (Å²) >= 11 is 0. The van der Waals surface area contributed by atoms with Crippen LogP contribution >= 0.6 is 0 Å². The molecule has 1 aliphatic rings. The summed E-state index contributed by atoms with van der Waals surface area (Å²) < 4.78 is 0. The molecule has 0 saturated carbocycles. The maximum absolute atomic E-state index is 9.32. The number of nitrogens with zero attached hydrogens (tertiary/aromatic N) is 3. The summed E-state index contributed by atoms with van der Waals surface area (Å²) in [5, 5.41) is 12.6. The van der Waals surface area contributed by atoms with Crippen LogP contribution in [0, 0.1) is 0 Å². The molecule has 82 valence electrons. The van der Waals surface area contributed by atoms with E-state index in [2.05, 4.69) is 20.2 Å². The lowest BCUT2D eigenvalue weighted by Crippen LogP contribution is -2.44. The van der Waals surface area contributed by atoms with E-state index in [1.807, 2.05) is 0 Å². The third-order valence-corrected chi connectivity index (χ3v) is 2.54. The Labute approximate surface area is 89.2 Å². The molecule has 2 N–H and O–H groups in total. The van der Waals surface area contributed by atoms with Gasteiger partial charge in [0.25, 0.3) is 0 Å². The summed E-state index contributed by atoms with van der Waals surface area (Å²) in [6.45, 7) is 5.54. The zero-order valence-corrected chi connectivity index (χ0v) is 8.85. The van der Waals surface area contributed by atoms with E-state index < -0.39 is 6.10 Å². The first-order chi connectivity index (χ1) is 7.27. The lowest BCUT2D eigenvalue weighted by molar-refractivity contribution is 0.198. The molecule has 2 heterocycles. The molecule has 1 aromatic rings. The smallest absolute Gasteiger partial charge is 0.225 e. The van der Waals surface area contributed by atoms with Crippen molar-refractivity contribution >= 4 is 5.95 Å². The number of aromatic nitrogens is 2. The highest BCUT2D eigenvalue weighted by molar-refractivity contribution is 5.30. The van der Waals surface area contributed by atoms with Gasteiger partial charge < -0.3 is 15.3 Å². The number of rotatable bonds is 2. The van der Waals surface area contributed by atoms with Crippen molar-refractivity contribution in [3.63, 3.8) is 0 Å². The lowest BCUT2D eigenvalue weighted by atomic mass is 10.2. The molecule has 5 heteroatoms. The van der Waals surface area contributed by atoms with Gasteiger partial charge in [-0.25, -0.2) is 9.97 Å². The maximum atomic E-state index is 9.32. The van der Waals surface area contributed by atoms with Gasteiger partial charge in [-0.2, -0.15) is 0 Å².